The fourth-order valence-corrected chi connectivity index (χ4v) is 0. The lowest BCUT2D eigenvalue weighted by Gasteiger charge is -1.61. The number of rotatable bonds is 0. The molecule has 0 aromatic heterocycles. The van der Waals surface area contributed by atoms with Crippen LogP contribution in [0.1, 0.15) is 0 Å². The standard InChI is InChI=1S/C2H4O2/c1-2(3)4/h3-4H,1H2/p+1. The van der Waals surface area contributed by atoms with Crippen molar-refractivity contribution in [3.8, 4) is 0 Å². The first-order valence-electron chi connectivity index (χ1n) is 0.827. The van der Waals surface area contributed by atoms with Gasteiger partial charge in [0.1, 0.15) is 0 Å². The summed E-state index contributed by atoms with van der Waals surface area (Å²) in [6, 6.07) is 0. The van der Waals surface area contributed by atoms with E-state index in [0.717, 1.165) is 0 Å². The fourth-order valence-electron chi connectivity index (χ4n) is 0. The van der Waals surface area contributed by atoms with Crippen molar-refractivity contribution in [3.63, 3.8) is 0 Å². The zero-order valence-electron chi connectivity index (χ0n) is 2.15. The topological polar surface area (TPSA) is 43.1 Å². The van der Waals surface area contributed by atoms with Gasteiger partial charge >= 0.3 is 5.95 Å². The molecule has 0 atom stereocenters. The average Bonchev–Trinajstić information content (AvgIpc) is 0.811. The van der Waals surface area contributed by atoms with E-state index >= 15 is 0 Å². The highest BCUT2D eigenvalue weighted by Crippen LogP contribution is 1.58. The Balaban J connectivity index is 2.80. The second kappa shape index (κ2) is 0.767. The van der Waals surface area contributed by atoms with Crippen molar-refractivity contribution >= 4 is 0 Å². The molecule has 0 aliphatic rings. The molecular weight excluding hydrogens is 56.0 g/mol. The van der Waals surface area contributed by atoms with Gasteiger partial charge in [-0.15, -0.1) is 0 Å². The maximum atomic E-state index is 7.53. The third kappa shape index (κ3) is 0.356. The van der Waals surface area contributed by atoms with Crippen LogP contribution in [-0.2, 0) is 0 Å². The zero-order valence-corrected chi connectivity index (χ0v) is 2.15. The van der Waals surface area contributed by atoms with Gasteiger partial charge in [0.25, 0.3) is 0 Å². The van der Waals surface area contributed by atoms with Gasteiger partial charge in [-0.3, -0.25) is 0 Å². The van der Waals surface area contributed by atoms with Crippen LogP contribution >= 0.6 is 0 Å². The zero-order chi connectivity index (χ0) is 3.58. The van der Waals surface area contributed by atoms with E-state index in [1.807, 2.05) is 0 Å². The van der Waals surface area contributed by atoms with E-state index in [9.17, 15) is 0 Å². The van der Waals surface area contributed by atoms with Crippen molar-refractivity contribution in [2.24, 2.45) is 0 Å². The molecule has 2 nitrogen and oxygen atoms in total. The van der Waals surface area contributed by atoms with Gasteiger partial charge in [0.15, 0.2) is 0 Å². The van der Waals surface area contributed by atoms with Crippen molar-refractivity contribution in [2.45, 2.75) is 0 Å². The number of hydrogen-bond donors (Lipinski definition) is 1. The minimum absolute atomic E-state index is 0.583. The quantitative estimate of drug-likeness (QED) is 0.304. The summed E-state index contributed by atoms with van der Waals surface area (Å²) in [5.41, 5.74) is 0. The number of hydrogen-bond acceptors (Lipinski definition) is 1. The number of aliphatic hydroxyl groups is 1. The molecule has 0 spiro atoms. The third-order valence-electron chi connectivity index (χ3n) is 0. The van der Waals surface area contributed by atoms with Crippen molar-refractivity contribution in [1.29, 1.82) is 0 Å². The molecule has 0 radical (unpaired) electrons. The molecule has 0 bridgehead atoms. The molecule has 0 fully saturated rings. The monoisotopic (exact) mass is 61.0 g/mol. The molecule has 24 valence electrons. The molecule has 3 N–H and O–H groups in total. The Morgan fingerprint density at radius 3 is 2.00 bits per heavy atom. The number of aliphatic hydroxyl groups excluding tert-OH is 1. The van der Waals surface area contributed by atoms with Gasteiger partial charge in [-0.05, 0) is 0 Å². The maximum absolute atomic E-state index is 7.53. The second-order valence-electron chi connectivity index (χ2n) is 0.447. The molecule has 0 aromatic rings. The molecule has 0 aliphatic carbocycles. The van der Waals surface area contributed by atoms with Crippen LogP contribution in [0.25, 0.3) is 0 Å². The van der Waals surface area contributed by atoms with Crippen LogP contribution in [0.2, 0.25) is 0 Å². The van der Waals surface area contributed by atoms with Crippen LogP contribution in [0.3, 0.4) is 0 Å². The van der Waals surface area contributed by atoms with E-state index in [2.05, 4.69) is 6.58 Å². The summed E-state index contributed by atoms with van der Waals surface area (Å²) in [5, 5.41) is 13.5. The van der Waals surface area contributed by atoms with Gasteiger partial charge in [0.2, 0.25) is 0 Å². The van der Waals surface area contributed by atoms with E-state index in [0.29, 0.717) is 0 Å². The minimum atomic E-state index is -0.583. The summed E-state index contributed by atoms with van der Waals surface area (Å²) in [4.78, 5) is 0. The molecule has 0 saturated carbocycles. The van der Waals surface area contributed by atoms with Crippen LogP contribution in [0, 0.1) is 0 Å². The first-order valence-corrected chi connectivity index (χ1v) is 0.827. The lowest BCUT2D eigenvalue weighted by atomic mass is 11.1. The average molecular weight is 61.1 g/mol. The Labute approximate surface area is 24.0 Å². The molecule has 0 saturated heterocycles. The lowest BCUT2D eigenvalue weighted by molar-refractivity contribution is 0.194. The van der Waals surface area contributed by atoms with Gasteiger partial charge in [0.05, 0.1) is 0 Å². The highest BCUT2D eigenvalue weighted by Gasteiger charge is 1.68. The molecule has 0 heterocycles. The Morgan fingerprint density at radius 2 is 2.00 bits per heavy atom. The van der Waals surface area contributed by atoms with Gasteiger partial charge in [-0.1, -0.05) is 0 Å². The summed E-state index contributed by atoms with van der Waals surface area (Å²) < 4.78 is 0. The SMILES string of the molecule is C=C(O)[OH2+]. The van der Waals surface area contributed by atoms with Crippen molar-refractivity contribution < 1.29 is 10.2 Å². The minimum Gasteiger partial charge on any atom is -0.567 e. The summed E-state index contributed by atoms with van der Waals surface area (Å²) in [5.74, 6) is -0.583. The Kier molecular flexibility index (Phi) is 0.641. The first-order chi connectivity index (χ1) is 1.73. The van der Waals surface area contributed by atoms with Crippen LogP contribution in [0.5, 0.6) is 0 Å². The molecule has 0 unspecified atom stereocenters. The molecule has 4 heavy (non-hydrogen) atoms. The van der Waals surface area contributed by atoms with E-state index < -0.39 is 5.95 Å². The lowest BCUT2D eigenvalue weighted by Crippen LogP contribution is -1.62. The summed E-state index contributed by atoms with van der Waals surface area (Å²) in [6.45, 7) is 2.78. The van der Waals surface area contributed by atoms with Gasteiger partial charge in [-0.2, -0.15) is 0 Å². The molecule has 0 aromatic carbocycles. The van der Waals surface area contributed by atoms with Crippen molar-refractivity contribution in [2.75, 3.05) is 0 Å². The predicted molar refractivity (Wildman–Crippen MR) is 15.4 cm³/mol. The second-order valence-corrected chi connectivity index (χ2v) is 0.447. The van der Waals surface area contributed by atoms with E-state index in [1.54, 1.807) is 0 Å². The van der Waals surface area contributed by atoms with Crippen LogP contribution in [0.4, 0.5) is 0 Å². The fraction of sp³-hybridized carbons (Fsp3) is 0. The van der Waals surface area contributed by atoms with Crippen molar-refractivity contribution in [3.05, 3.63) is 12.5 Å². The molecule has 0 rings (SSSR count). The molecule has 0 aliphatic heterocycles. The van der Waals surface area contributed by atoms with Gasteiger partial charge in [-0.25, -0.2) is 0 Å². The predicted octanol–water partition coefficient (Wildman–Crippen LogP) is -0.260. The third-order valence-corrected chi connectivity index (χ3v) is 0. The van der Waals surface area contributed by atoms with Gasteiger partial charge < -0.3 is 10.2 Å². The summed E-state index contributed by atoms with van der Waals surface area (Å²) >= 11 is 0. The largest absolute Gasteiger partial charge is 0.567 e. The van der Waals surface area contributed by atoms with E-state index in [4.69, 9.17) is 10.2 Å². The van der Waals surface area contributed by atoms with E-state index in [-0.39, 0.29) is 0 Å². The Bertz CT molecular complexity index is 27.0. The first kappa shape index (κ1) is 3.34. The van der Waals surface area contributed by atoms with E-state index in [1.165, 1.54) is 0 Å². The van der Waals surface area contributed by atoms with Crippen LogP contribution in [0.15, 0.2) is 12.5 Å². The summed E-state index contributed by atoms with van der Waals surface area (Å²) in [6.07, 6.45) is 0. The smallest absolute Gasteiger partial charge is 0.441 e. The van der Waals surface area contributed by atoms with Crippen LogP contribution in [-0.4, -0.2) is 10.2 Å². The van der Waals surface area contributed by atoms with Crippen LogP contribution < -0.4 is 0 Å². The molecule has 0 amide bonds. The highest BCUT2D eigenvalue weighted by atomic mass is 16.5. The Morgan fingerprint density at radius 1 is 2.00 bits per heavy atom. The normalized spacial score (nSPS) is 6.00. The Hall–Kier alpha value is -0.660. The van der Waals surface area contributed by atoms with Crippen molar-refractivity contribution in [1.82, 2.24) is 0 Å². The summed E-state index contributed by atoms with van der Waals surface area (Å²) in [7, 11) is 0. The highest BCUT2D eigenvalue weighted by molar-refractivity contribution is 4.54. The molecule has 2 heteroatoms. The maximum Gasteiger partial charge on any atom is 0.441 e. The van der Waals surface area contributed by atoms with Gasteiger partial charge in [0, 0.05) is 6.58 Å². The molecular formula is C2H5O2+.